The third-order valence-corrected chi connectivity index (χ3v) is 6.18. The first kappa shape index (κ1) is 21.3. The average Bonchev–Trinajstić information content (AvgIpc) is 3.02. The molecule has 31 heavy (non-hydrogen) atoms. The number of nitrogens with zero attached hydrogens (tertiary/aromatic N) is 2. The number of halogens is 2. The van der Waals surface area contributed by atoms with Gasteiger partial charge in [0.05, 0.1) is 22.1 Å². The second-order valence-corrected chi connectivity index (χ2v) is 8.43. The van der Waals surface area contributed by atoms with Crippen LogP contribution in [0.2, 0.25) is 10.0 Å². The number of hydrogen-bond donors (Lipinski definition) is 3. The van der Waals surface area contributed by atoms with Gasteiger partial charge in [0.1, 0.15) is 0 Å². The molecule has 1 heterocycles. The molecule has 0 saturated carbocycles. The standard InChI is InChI=1S/C24H25Cl2N5/c1-3-15-11-18-17-10-14(2)4-7-22(17)31(9-8-29-24(27)28)23(18)13-21(15)30-16-5-6-19(25)20(26)12-16/h4-7,10-13,30H,3,8-9H2,1-2H3,(H4,27,28,29). The van der Waals surface area contributed by atoms with Crippen molar-refractivity contribution in [2.24, 2.45) is 16.5 Å². The van der Waals surface area contributed by atoms with E-state index in [1.54, 1.807) is 6.07 Å². The van der Waals surface area contributed by atoms with Crippen molar-refractivity contribution in [2.45, 2.75) is 26.8 Å². The van der Waals surface area contributed by atoms with Gasteiger partial charge in [-0.2, -0.15) is 0 Å². The van der Waals surface area contributed by atoms with Crippen molar-refractivity contribution in [3.8, 4) is 0 Å². The Balaban J connectivity index is 1.88. The SMILES string of the molecule is CCc1cc2c3cc(C)ccc3n(CCN=C(N)N)c2cc1Nc1ccc(Cl)c(Cl)c1. The van der Waals surface area contributed by atoms with E-state index >= 15 is 0 Å². The van der Waals surface area contributed by atoms with Crippen LogP contribution in [0.3, 0.4) is 0 Å². The Hall–Kier alpha value is -2.89. The van der Waals surface area contributed by atoms with Crippen LogP contribution in [0.5, 0.6) is 0 Å². The molecule has 0 unspecified atom stereocenters. The van der Waals surface area contributed by atoms with Crippen LogP contribution >= 0.6 is 23.2 Å². The normalized spacial score (nSPS) is 11.2. The summed E-state index contributed by atoms with van der Waals surface area (Å²) >= 11 is 12.3. The lowest BCUT2D eigenvalue weighted by Gasteiger charge is -2.14. The quantitative estimate of drug-likeness (QED) is 0.247. The van der Waals surface area contributed by atoms with Gasteiger partial charge in [-0.05, 0) is 61.4 Å². The molecule has 5 N–H and O–H groups in total. The van der Waals surface area contributed by atoms with Crippen molar-refractivity contribution >= 4 is 62.3 Å². The van der Waals surface area contributed by atoms with Gasteiger partial charge < -0.3 is 21.4 Å². The number of nitrogens with two attached hydrogens (primary N) is 2. The monoisotopic (exact) mass is 453 g/mol. The van der Waals surface area contributed by atoms with Gasteiger partial charge in [0.15, 0.2) is 5.96 Å². The van der Waals surface area contributed by atoms with Crippen molar-refractivity contribution in [1.29, 1.82) is 0 Å². The van der Waals surface area contributed by atoms with Crippen molar-refractivity contribution < 1.29 is 0 Å². The van der Waals surface area contributed by atoms with Gasteiger partial charge in [0, 0.05) is 34.2 Å². The molecule has 0 saturated heterocycles. The molecule has 0 aliphatic carbocycles. The fourth-order valence-corrected chi connectivity index (χ4v) is 4.26. The van der Waals surface area contributed by atoms with E-state index in [2.05, 4.69) is 59.1 Å². The zero-order chi connectivity index (χ0) is 22.1. The maximum Gasteiger partial charge on any atom is 0.185 e. The Bertz CT molecular complexity index is 1300. The first-order chi connectivity index (χ1) is 14.9. The van der Waals surface area contributed by atoms with Crippen LogP contribution in [0.1, 0.15) is 18.1 Å². The summed E-state index contributed by atoms with van der Waals surface area (Å²) in [5.74, 6) is 0.104. The van der Waals surface area contributed by atoms with Crippen LogP contribution in [0, 0.1) is 6.92 Å². The molecule has 4 aromatic rings. The predicted octanol–water partition coefficient (Wildman–Crippen LogP) is 5.99. The lowest BCUT2D eigenvalue weighted by atomic mass is 10.0. The Morgan fingerprint density at radius 1 is 0.968 bits per heavy atom. The van der Waals surface area contributed by atoms with Gasteiger partial charge in [-0.3, -0.25) is 4.99 Å². The van der Waals surface area contributed by atoms with Crippen LogP contribution in [0.15, 0.2) is 53.5 Å². The number of hydrogen-bond acceptors (Lipinski definition) is 2. The summed E-state index contributed by atoms with van der Waals surface area (Å²) in [6.07, 6.45) is 0.895. The van der Waals surface area contributed by atoms with E-state index in [-0.39, 0.29) is 5.96 Å². The predicted molar refractivity (Wildman–Crippen MR) is 134 cm³/mol. The van der Waals surface area contributed by atoms with E-state index in [0.717, 1.165) is 23.3 Å². The number of nitrogens with one attached hydrogen (secondary N) is 1. The number of aryl methyl sites for hydroxylation is 2. The van der Waals surface area contributed by atoms with E-state index in [0.29, 0.717) is 23.1 Å². The molecule has 7 heteroatoms. The number of benzene rings is 3. The van der Waals surface area contributed by atoms with Crippen molar-refractivity contribution in [3.63, 3.8) is 0 Å². The van der Waals surface area contributed by atoms with Crippen molar-refractivity contribution in [2.75, 3.05) is 11.9 Å². The van der Waals surface area contributed by atoms with Crippen LogP contribution in [0.25, 0.3) is 21.8 Å². The molecule has 3 aromatic carbocycles. The second kappa shape index (κ2) is 8.69. The zero-order valence-electron chi connectivity index (χ0n) is 17.5. The molecule has 0 aliphatic heterocycles. The van der Waals surface area contributed by atoms with Gasteiger partial charge >= 0.3 is 0 Å². The lowest BCUT2D eigenvalue weighted by Crippen LogP contribution is -2.23. The number of aliphatic imine (C=N–C) groups is 1. The highest BCUT2D eigenvalue weighted by Gasteiger charge is 2.14. The van der Waals surface area contributed by atoms with Crippen LogP contribution < -0.4 is 16.8 Å². The third-order valence-electron chi connectivity index (χ3n) is 5.44. The molecule has 0 atom stereocenters. The summed E-state index contributed by atoms with van der Waals surface area (Å²) in [7, 11) is 0. The summed E-state index contributed by atoms with van der Waals surface area (Å²) in [5.41, 5.74) is 17.8. The first-order valence-electron chi connectivity index (χ1n) is 10.2. The summed E-state index contributed by atoms with van der Waals surface area (Å²) in [4.78, 5) is 4.18. The van der Waals surface area contributed by atoms with E-state index in [1.165, 1.54) is 27.4 Å². The van der Waals surface area contributed by atoms with Gasteiger partial charge in [-0.15, -0.1) is 0 Å². The molecule has 0 aliphatic rings. The number of rotatable bonds is 6. The summed E-state index contributed by atoms with van der Waals surface area (Å²) in [5, 5.41) is 7.03. The fraction of sp³-hybridized carbons (Fsp3) is 0.208. The topological polar surface area (TPSA) is 81.4 Å². The van der Waals surface area contributed by atoms with Crippen molar-refractivity contribution in [1.82, 2.24) is 4.57 Å². The molecular weight excluding hydrogens is 429 g/mol. The van der Waals surface area contributed by atoms with E-state index < -0.39 is 0 Å². The highest BCUT2D eigenvalue weighted by atomic mass is 35.5. The molecule has 0 amide bonds. The second-order valence-electron chi connectivity index (χ2n) is 7.61. The molecule has 4 rings (SSSR count). The first-order valence-corrected chi connectivity index (χ1v) is 11.0. The van der Waals surface area contributed by atoms with Crippen LogP contribution in [-0.4, -0.2) is 17.1 Å². The molecule has 1 aromatic heterocycles. The highest BCUT2D eigenvalue weighted by Crippen LogP contribution is 2.36. The molecule has 5 nitrogen and oxygen atoms in total. The number of anilines is 2. The van der Waals surface area contributed by atoms with Gasteiger partial charge in [0.25, 0.3) is 0 Å². The third kappa shape index (κ3) is 4.29. The molecule has 0 spiro atoms. The Labute approximate surface area is 191 Å². The Morgan fingerprint density at radius 3 is 2.45 bits per heavy atom. The van der Waals surface area contributed by atoms with Crippen LogP contribution in [0.4, 0.5) is 11.4 Å². The molecular formula is C24H25Cl2N5. The largest absolute Gasteiger partial charge is 0.370 e. The molecule has 0 bridgehead atoms. The summed E-state index contributed by atoms with van der Waals surface area (Å²) < 4.78 is 2.27. The van der Waals surface area contributed by atoms with E-state index in [4.69, 9.17) is 34.7 Å². The number of fused-ring (bicyclic) bond motifs is 3. The minimum Gasteiger partial charge on any atom is -0.370 e. The fourth-order valence-electron chi connectivity index (χ4n) is 3.96. The lowest BCUT2D eigenvalue weighted by molar-refractivity contribution is 0.757. The van der Waals surface area contributed by atoms with Crippen LogP contribution in [-0.2, 0) is 13.0 Å². The minimum absolute atomic E-state index is 0.104. The Morgan fingerprint density at radius 2 is 1.74 bits per heavy atom. The molecule has 160 valence electrons. The highest BCUT2D eigenvalue weighted by molar-refractivity contribution is 6.42. The summed E-state index contributed by atoms with van der Waals surface area (Å²) in [6, 6.07) is 16.6. The maximum atomic E-state index is 6.22. The summed E-state index contributed by atoms with van der Waals surface area (Å²) in [6.45, 7) is 5.46. The van der Waals surface area contributed by atoms with Gasteiger partial charge in [-0.25, -0.2) is 0 Å². The number of aromatic nitrogens is 1. The Kier molecular flexibility index (Phi) is 5.99. The number of guanidine groups is 1. The van der Waals surface area contributed by atoms with E-state index in [9.17, 15) is 0 Å². The zero-order valence-corrected chi connectivity index (χ0v) is 19.1. The smallest absolute Gasteiger partial charge is 0.185 e. The maximum absolute atomic E-state index is 6.22. The average molecular weight is 454 g/mol. The van der Waals surface area contributed by atoms with Gasteiger partial charge in [0.2, 0.25) is 0 Å². The molecule has 0 fully saturated rings. The molecule has 0 radical (unpaired) electrons. The van der Waals surface area contributed by atoms with Gasteiger partial charge in [-0.1, -0.05) is 41.8 Å². The van der Waals surface area contributed by atoms with E-state index in [1.807, 2.05) is 12.1 Å². The minimum atomic E-state index is 0.104. The van der Waals surface area contributed by atoms with Crippen molar-refractivity contribution in [3.05, 3.63) is 69.7 Å².